The summed E-state index contributed by atoms with van der Waals surface area (Å²) >= 11 is 5.89. The third kappa shape index (κ3) is 3.23. The van der Waals surface area contributed by atoms with Gasteiger partial charge in [0.2, 0.25) is 5.91 Å². The summed E-state index contributed by atoms with van der Waals surface area (Å²) < 4.78 is 1.91. The number of aryl methyl sites for hydroxylation is 1. The molecule has 1 N–H and O–H groups in total. The van der Waals surface area contributed by atoms with Crippen molar-refractivity contribution in [3.05, 3.63) is 24.2 Å². The Hall–Kier alpha value is -1.62. The van der Waals surface area contributed by atoms with Gasteiger partial charge in [-0.15, -0.1) is 11.6 Å². The van der Waals surface area contributed by atoms with Gasteiger partial charge in [-0.2, -0.15) is 0 Å². The van der Waals surface area contributed by atoms with E-state index in [0.29, 0.717) is 25.4 Å². The van der Waals surface area contributed by atoms with Crippen LogP contribution in [0.4, 0.5) is 0 Å². The molecule has 5 nitrogen and oxygen atoms in total. The monoisotopic (exact) mass is 280 g/mol. The first-order chi connectivity index (χ1) is 9.26. The molecule has 0 saturated carbocycles. The van der Waals surface area contributed by atoms with Gasteiger partial charge < -0.3 is 9.88 Å². The minimum atomic E-state index is 0.0418. The summed E-state index contributed by atoms with van der Waals surface area (Å²) in [6, 6.07) is 3.73. The number of carbonyl (C=O) groups is 1. The van der Waals surface area contributed by atoms with Crippen LogP contribution in [0.15, 0.2) is 18.3 Å². The van der Waals surface area contributed by atoms with Crippen LogP contribution < -0.4 is 5.32 Å². The molecule has 0 radical (unpaired) electrons. The van der Waals surface area contributed by atoms with E-state index < -0.39 is 0 Å². The summed E-state index contributed by atoms with van der Waals surface area (Å²) in [5, 5.41) is 2.85. The van der Waals surface area contributed by atoms with Crippen LogP contribution in [0.5, 0.6) is 0 Å². The molecular formula is C13H17ClN4O. The van der Waals surface area contributed by atoms with Crippen molar-refractivity contribution in [2.24, 2.45) is 0 Å². The van der Waals surface area contributed by atoms with Crippen LogP contribution >= 0.6 is 11.6 Å². The molecular weight excluding hydrogens is 264 g/mol. The summed E-state index contributed by atoms with van der Waals surface area (Å²) in [5.41, 5.74) is 1.59. The standard InChI is InChI=1S/C13H17ClN4O/c1-2-6-15-12(19)5-8-18-11(9-14)17-10-4-3-7-16-13(10)18/h3-4,7H,2,5-6,8-9H2,1H3,(H,15,19). The average molecular weight is 281 g/mol. The van der Waals surface area contributed by atoms with Gasteiger partial charge in [0, 0.05) is 25.7 Å². The minimum Gasteiger partial charge on any atom is -0.356 e. The zero-order chi connectivity index (χ0) is 13.7. The molecule has 0 aliphatic rings. The highest BCUT2D eigenvalue weighted by Crippen LogP contribution is 2.15. The molecule has 0 unspecified atom stereocenters. The fourth-order valence-electron chi connectivity index (χ4n) is 1.91. The SMILES string of the molecule is CCCNC(=O)CCn1c(CCl)nc2cccnc21. The van der Waals surface area contributed by atoms with E-state index in [9.17, 15) is 4.79 Å². The normalized spacial score (nSPS) is 10.8. The van der Waals surface area contributed by atoms with Gasteiger partial charge in [-0.3, -0.25) is 4.79 Å². The maximum atomic E-state index is 11.6. The van der Waals surface area contributed by atoms with E-state index in [-0.39, 0.29) is 5.91 Å². The number of carbonyl (C=O) groups excluding carboxylic acids is 1. The van der Waals surface area contributed by atoms with E-state index in [1.165, 1.54) is 0 Å². The summed E-state index contributed by atoms with van der Waals surface area (Å²) in [6.45, 7) is 3.29. The smallest absolute Gasteiger partial charge is 0.221 e. The number of amides is 1. The third-order valence-electron chi connectivity index (χ3n) is 2.84. The van der Waals surface area contributed by atoms with Crippen LogP contribution in [0, 0.1) is 0 Å². The lowest BCUT2D eigenvalue weighted by atomic mass is 10.3. The second kappa shape index (κ2) is 6.52. The quantitative estimate of drug-likeness (QED) is 0.824. The molecule has 0 aliphatic carbocycles. The second-order valence-corrected chi connectivity index (χ2v) is 4.53. The van der Waals surface area contributed by atoms with Gasteiger partial charge in [0.1, 0.15) is 11.3 Å². The number of fused-ring (bicyclic) bond motifs is 1. The molecule has 19 heavy (non-hydrogen) atoms. The van der Waals surface area contributed by atoms with E-state index >= 15 is 0 Å². The molecule has 2 aromatic rings. The van der Waals surface area contributed by atoms with Crippen LogP contribution in [0.3, 0.4) is 0 Å². The summed E-state index contributed by atoms with van der Waals surface area (Å²) in [4.78, 5) is 20.3. The number of hydrogen-bond donors (Lipinski definition) is 1. The van der Waals surface area contributed by atoms with Gasteiger partial charge in [0.25, 0.3) is 0 Å². The number of alkyl halides is 1. The number of rotatable bonds is 6. The maximum Gasteiger partial charge on any atom is 0.221 e. The number of aromatic nitrogens is 3. The van der Waals surface area contributed by atoms with Crippen molar-refractivity contribution in [2.75, 3.05) is 6.54 Å². The predicted molar refractivity (Wildman–Crippen MR) is 75.0 cm³/mol. The molecule has 2 aromatic heterocycles. The highest BCUT2D eigenvalue weighted by atomic mass is 35.5. The van der Waals surface area contributed by atoms with Crippen molar-refractivity contribution >= 4 is 28.7 Å². The van der Waals surface area contributed by atoms with Crippen LogP contribution in [0.25, 0.3) is 11.2 Å². The van der Waals surface area contributed by atoms with E-state index in [4.69, 9.17) is 11.6 Å². The van der Waals surface area contributed by atoms with Gasteiger partial charge in [0.15, 0.2) is 5.65 Å². The Balaban J connectivity index is 2.13. The Labute approximate surface area is 117 Å². The minimum absolute atomic E-state index is 0.0418. The first kappa shape index (κ1) is 13.8. The molecule has 0 fully saturated rings. The molecule has 0 aromatic carbocycles. The maximum absolute atomic E-state index is 11.6. The molecule has 0 spiro atoms. The van der Waals surface area contributed by atoms with Gasteiger partial charge in [-0.05, 0) is 18.6 Å². The molecule has 102 valence electrons. The third-order valence-corrected chi connectivity index (χ3v) is 3.08. The van der Waals surface area contributed by atoms with Crippen LogP contribution in [-0.2, 0) is 17.2 Å². The first-order valence-corrected chi connectivity index (χ1v) is 6.92. The van der Waals surface area contributed by atoms with Crippen molar-refractivity contribution in [3.8, 4) is 0 Å². The van der Waals surface area contributed by atoms with Crippen molar-refractivity contribution < 1.29 is 4.79 Å². The number of hydrogen-bond acceptors (Lipinski definition) is 3. The average Bonchev–Trinajstić information content (AvgIpc) is 2.80. The molecule has 0 saturated heterocycles. The molecule has 6 heteroatoms. The number of halogens is 1. The number of nitrogens with one attached hydrogen (secondary N) is 1. The fourth-order valence-corrected chi connectivity index (χ4v) is 2.11. The largest absolute Gasteiger partial charge is 0.356 e. The number of imidazole rings is 1. The Morgan fingerprint density at radius 1 is 1.53 bits per heavy atom. The van der Waals surface area contributed by atoms with Crippen LogP contribution in [-0.4, -0.2) is 27.0 Å². The summed E-state index contributed by atoms with van der Waals surface area (Å²) in [5.74, 6) is 1.10. The Bertz CT molecular complexity index is 567. The zero-order valence-corrected chi connectivity index (χ0v) is 11.7. The van der Waals surface area contributed by atoms with Gasteiger partial charge in [0.05, 0.1) is 5.88 Å². The molecule has 0 atom stereocenters. The second-order valence-electron chi connectivity index (χ2n) is 4.26. The molecule has 2 rings (SSSR count). The molecule has 1 amide bonds. The van der Waals surface area contributed by atoms with E-state index in [1.54, 1.807) is 6.20 Å². The molecule has 2 heterocycles. The zero-order valence-electron chi connectivity index (χ0n) is 10.9. The Kier molecular flexibility index (Phi) is 4.74. The number of pyridine rings is 1. The highest BCUT2D eigenvalue weighted by molar-refractivity contribution is 6.16. The lowest BCUT2D eigenvalue weighted by Crippen LogP contribution is -2.25. The van der Waals surface area contributed by atoms with Crippen molar-refractivity contribution in [3.63, 3.8) is 0 Å². The van der Waals surface area contributed by atoms with Gasteiger partial charge >= 0.3 is 0 Å². The first-order valence-electron chi connectivity index (χ1n) is 6.39. The highest BCUT2D eigenvalue weighted by Gasteiger charge is 2.11. The van der Waals surface area contributed by atoms with Gasteiger partial charge in [-0.1, -0.05) is 6.92 Å². The van der Waals surface area contributed by atoms with E-state index in [1.807, 2.05) is 23.6 Å². The number of nitrogens with zero attached hydrogens (tertiary/aromatic N) is 3. The predicted octanol–water partition coefficient (Wildman–Crippen LogP) is 2.09. The van der Waals surface area contributed by atoms with E-state index in [2.05, 4.69) is 15.3 Å². The Morgan fingerprint density at radius 3 is 3.11 bits per heavy atom. The van der Waals surface area contributed by atoms with Gasteiger partial charge in [-0.25, -0.2) is 9.97 Å². The lowest BCUT2D eigenvalue weighted by molar-refractivity contribution is -0.121. The summed E-state index contributed by atoms with van der Waals surface area (Å²) in [6.07, 6.45) is 3.07. The summed E-state index contributed by atoms with van der Waals surface area (Å²) in [7, 11) is 0. The fraction of sp³-hybridized carbons (Fsp3) is 0.462. The lowest BCUT2D eigenvalue weighted by Gasteiger charge is -2.07. The van der Waals surface area contributed by atoms with Crippen LogP contribution in [0.1, 0.15) is 25.6 Å². The van der Waals surface area contributed by atoms with Crippen LogP contribution in [0.2, 0.25) is 0 Å². The van der Waals surface area contributed by atoms with Crippen molar-refractivity contribution in [1.82, 2.24) is 19.9 Å². The molecule has 0 bridgehead atoms. The van der Waals surface area contributed by atoms with E-state index in [0.717, 1.165) is 23.4 Å². The van der Waals surface area contributed by atoms with Crippen molar-refractivity contribution in [2.45, 2.75) is 32.2 Å². The molecule has 0 aliphatic heterocycles. The Morgan fingerprint density at radius 2 is 2.37 bits per heavy atom. The topological polar surface area (TPSA) is 59.8 Å². The van der Waals surface area contributed by atoms with Crippen molar-refractivity contribution in [1.29, 1.82) is 0 Å².